The molecule has 2 aromatic carbocycles. The van der Waals surface area contributed by atoms with Gasteiger partial charge < -0.3 is 4.74 Å². The second-order valence-electron chi connectivity index (χ2n) is 6.42. The van der Waals surface area contributed by atoms with Gasteiger partial charge in [0.1, 0.15) is 5.60 Å². The number of hydrogen-bond acceptors (Lipinski definition) is 3. The number of carbonyl (C=O) groups excluding carboxylic acids is 1. The Morgan fingerprint density at radius 2 is 1.57 bits per heavy atom. The van der Waals surface area contributed by atoms with Crippen LogP contribution in [-0.4, -0.2) is 11.7 Å². The molecule has 4 nitrogen and oxygen atoms in total. The number of benzene rings is 2. The van der Waals surface area contributed by atoms with Crippen LogP contribution in [0, 0.1) is 0 Å². The Hall–Kier alpha value is -2.33. The van der Waals surface area contributed by atoms with Crippen molar-refractivity contribution < 1.29 is 9.53 Å². The van der Waals surface area contributed by atoms with Crippen molar-refractivity contribution in [3.05, 3.63) is 71.8 Å². The Kier molecular flexibility index (Phi) is 5.77. The molecule has 1 amide bonds. The molecule has 2 aromatic rings. The van der Waals surface area contributed by atoms with E-state index < -0.39 is 11.7 Å². The summed E-state index contributed by atoms with van der Waals surface area (Å²) in [5, 5.41) is 0. The molecule has 1 atom stereocenters. The summed E-state index contributed by atoms with van der Waals surface area (Å²) in [7, 11) is 0. The molecular formula is C19H24N2O2. The van der Waals surface area contributed by atoms with E-state index in [2.05, 4.69) is 23.0 Å². The van der Waals surface area contributed by atoms with Crippen LogP contribution in [0.15, 0.2) is 60.7 Å². The fraction of sp³-hybridized carbons (Fsp3) is 0.316. The summed E-state index contributed by atoms with van der Waals surface area (Å²) >= 11 is 0. The molecule has 1 unspecified atom stereocenters. The van der Waals surface area contributed by atoms with Gasteiger partial charge >= 0.3 is 6.09 Å². The predicted molar refractivity (Wildman–Crippen MR) is 91.8 cm³/mol. The van der Waals surface area contributed by atoms with Gasteiger partial charge in [-0.05, 0) is 38.3 Å². The third-order valence-corrected chi connectivity index (χ3v) is 3.23. The maximum absolute atomic E-state index is 11.9. The molecular weight excluding hydrogens is 288 g/mol. The summed E-state index contributed by atoms with van der Waals surface area (Å²) < 4.78 is 5.26. The van der Waals surface area contributed by atoms with Crippen molar-refractivity contribution in [3.8, 4) is 0 Å². The molecule has 122 valence electrons. The lowest BCUT2D eigenvalue weighted by Gasteiger charge is -2.23. The smallest absolute Gasteiger partial charge is 0.422 e. The second-order valence-corrected chi connectivity index (χ2v) is 6.42. The second kappa shape index (κ2) is 7.79. The van der Waals surface area contributed by atoms with E-state index in [0.29, 0.717) is 0 Å². The Balaban J connectivity index is 2.04. The lowest BCUT2D eigenvalue weighted by molar-refractivity contribution is 0.0487. The van der Waals surface area contributed by atoms with Crippen molar-refractivity contribution >= 4 is 6.09 Å². The average Bonchev–Trinajstić information content (AvgIpc) is 2.51. The minimum Gasteiger partial charge on any atom is -0.443 e. The van der Waals surface area contributed by atoms with Crippen molar-refractivity contribution in [1.82, 2.24) is 10.9 Å². The van der Waals surface area contributed by atoms with Crippen molar-refractivity contribution in [2.75, 3.05) is 0 Å². The number of nitrogens with one attached hydrogen (secondary N) is 2. The number of ether oxygens (including phenoxy) is 1. The maximum atomic E-state index is 11.9. The normalized spacial score (nSPS) is 12.5. The lowest BCUT2D eigenvalue weighted by atomic mass is 9.99. The standard InChI is InChI=1S/C19H24N2O2/c1-19(2,3)23-18(22)21-20-17(16-12-8-5-9-13-16)14-15-10-6-4-7-11-15/h4-13,17,20H,14H2,1-3H3,(H,21,22). The third-order valence-electron chi connectivity index (χ3n) is 3.23. The SMILES string of the molecule is CC(C)(C)OC(=O)NNC(Cc1ccccc1)c1ccccc1. The van der Waals surface area contributed by atoms with E-state index in [9.17, 15) is 4.79 Å². The maximum Gasteiger partial charge on any atom is 0.422 e. The highest BCUT2D eigenvalue weighted by atomic mass is 16.6. The van der Waals surface area contributed by atoms with Crippen LogP contribution in [0.1, 0.15) is 37.9 Å². The molecule has 4 heteroatoms. The van der Waals surface area contributed by atoms with Gasteiger partial charge in [0, 0.05) is 0 Å². The molecule has 2 N–H and O–H groups in total. The molecule has 0 aliphatic heterocycles. The summed E-state index contributed by atoms with van der Waals surface area (Å²) in [6.07, 6.45) is 0.284. The first-order valence-electron chi connectivity index (χ1n) is 7.77. The lowest BCUT2D eigenvalue weighted by Crippen LogP contribution is -2.43. The summed E-state index contributed by atoms with van der Waals surface area (Å²) in [6.45, 7) is 5.52. The quantitative estimate of drug-likeness (QED) is 0.821. The van der Waals surface area contributed by atoms with Gasteiger partial charge in [0.2, 0.25) is 0 Å². The number of rotatable bonds is 5. The van der Waals surface area contributed by atoms with Gasteiger partial charge in [0.25, 0.3) is 0 Å². The summed E-state index contributed by atoms with van der Waals surface area (Å²) in [5.74, 6) is 0. The van der Waals surface area contributed by atoms with Crippen LogP contribution in [0.4, 0.5) is 4.79 Å². The first kappa shape index (κ1) is 17.0. The molecule has 0 heterocycles. The van der Waals surface area contributed by atoms with E-state index >= 15 is 0 Å². The van der Waals surface area contributed by atoms with Crippen molar-refractivity contribution in [3.63, 3.8) is 0 Å². The van der Waals surface area contributed by atoms with E-state index in [4.69, 9.17) is 4.74 Å². The Morgan fingerprint density at radius 3 is 2.13 bits per heavy atom. The molecule has 2 rings (SSSR count). The largest absolute Gasteiger partial charge is 0.443 e. The molecule has 0 spiro atoms. The van der Waals surface area contributed by atoms with Gasteiger partial charge in [-0.2, -0.15) is 0 Å². The highest BCUT2D eigenvalue weighted by Gasteiger charge is 2.18. The molecule has 0 saturated heterocycles. The molecule has 0 bridgehead atoms. The van der Waals surface area contributed by atoms with Crippen LogP contribution in [0.5, 0.6) is 0 Å². The molecule has 0 aliphatic rings. The van der Waals surface area contributed by atoms with Gasteiger partial charge in [-0.15, -0.1) is 0 Å². The van der Waals surface area contributed by atoms with Crippen LogP contribution in [0.2, 0.25) is 0 Å². The molecule has 0 fully saturated rings. The molecule has 0 aliphatic carbocycles. The van der Waals surface area contributed by atoms with Gasteiger partial charge in [-0.25, -0.2) is 10.2 Å². The van der Waals surface area contributed by atoms with Crippen LogP contribution < -0.4 is 10.9 Å². The molecule has 0 saturated carbocycles. The summed E-state index contributed by atoms with van der Waals surface area (Å²) in [4.78, 5) is 11.9. The average molecular weight is 312 g/mol. The van der Waals surface area contributed by atoms with E-state index in [-0.39, 0.29) is 6.04 Å². The minimum absolute atomic E-state index is 0.0360. The number of amides is 1. The van der Waals surface area contributed by atoms with E-state index in [0.717, 1.165) is 12.0 Å². The zero-order valence-electron chi connectivity index (χ0n) is 13.9. The first-order valence-corrected chi connectivity index (χ1v) is 7.77. The van der Waals surface area contributed by atoms with E-state index in [1.165, 1.54) is 5.56 Å². The minimum atomic E-state index is -0.520. The highest BCUT2D eigenvalue weighted by Crippen LogP contribution is 2.17. The fourth-order valence-corrected chi connectivity index (χ4v) is 2.24. The van der Waals surface area contributed by atoms with Crippen LogP contribution in [0.3, 0.4) is 0 Å². The molecule has 23 heavy (non-hydrogen) atoms. The van der Waals surface area contributed by atoms with Crippen LogP contribution in [0.25, 0.3) is 0 Å². The molecule has 0 radical (unpaired) electrons. The Morgan fingerprint density at radius 1 is 1.00 bits per heavy atom. The number of hydrogen-bond donors (Lipinski definition) is 2. The van der Waals surface area contributed by atoms with Gasteiger partial charge in [-0.3, -0.25) is 5.43 Å². The highest BCUT2D eigenvalue weighted by molar-refractivity contribution is 5.67. The third kappa shape index (κ3) is 6.12. The van der Waals surface area contributed by atoms with E-state index in [1.807, 2.05) is 69.3 Å². The Labute approximate surface area is 137 Å². The monoisotopic (exact) mass is 312 g/mol. The topological polar surface area (TPSA) is 50.4 Å². The predicted octanol–water partition coefficient (Wildman–Crippen LogP) is 4.00. The zero-order chi connectivity index (χ0) is 16.7. The first-order chi connectivity index (χ1) is 10.9. The number of carbonyl (C=O) groups is 1. The fourth-order valence-electron chi connectivity index (χ4n) is 2.24. The van der Waals surface area contributed by atoms with Crippen LogP contribution >= 0.6 is 0 Å². The summed E-state index contributed by atoms with van der Waals surface area (Å²) in [5.41, 5.74) is 7.51. The molecule has 0 aromatic heterocycles. The zero-order valence-corrected chi connectivity index (χ0v) is 13.9. The van der Waals surface area contributed by atoms with Gasteiger partial charge in [-0.1, -0.05) is 60.7 Å². The van der Waals surface area contributed by atoms with Crippen LogP contribution in [-0.2, 0) is 11.2 Å². The van der Waals surface area contributed by atoms with Crippen molar-refractivity contribution in [2.45, 2.75) is 38.8 Å². The van der Waals surface area contributed by atoms with Gasteiger partial charge in [0.15, 0.2) is 0 Å². The number of hydrazine groups is 1. The van der Waals surface area contributed by atoms with Crippen molar-refractivity contribution in [2.24, 2.45) is 0 Å². The van der Waals surface area contributed by atoms with Gasteiger partial charge in [0.05, 0.1) is 6.04 Å². The van der Waals surface area contributed by atoms with E-state index in [1.54, 1.807) is 0 Å². The summed E-state index contributed by atoms with van der Waals surface area (Å²) in [6, 6.07) is 20.2. The Bertz CT molecular complexity index is 606. The van der Waals surface area contributed by atoms with Crippen molar-refractivity contribution in [1.29, 1.82) is 0 Å².